The Morgan fingerprint density at radius 2 is 1.42 bits per heavy atom. The van der Waals surface area contributed by atoms with Gasteiger partial charge in [0.05, 0.1) is 0 Å². The maximum Gasteiger partial charge on any atom is 0.227 e. The molecule has 0 radical (unpaired) electrons. The first kappa shape index (κ1) is 17.0. The molecular formula is C22H16ClNOS. The maximum absolute atomic E-state index is 6.14. The quantitative estimate of drug-likeness (QED) is 0.352. The molecule has 26 heavy (non-hydrogen) atoms. The second-order valence-corrected chi connectivity index (χ2v) is 7.20. The molecule has 0 N–H and O–H groups in total. The molecule has 0 saturated heterocycles. The van der Waals surface area contributed by atoms with Crippen LogP contribution in [0.15, 0.2) is 94.4 Å². The topological polar surface area (TPSA) is 26.0 Å². The first-order chi connectivity index (χ1) is 12.8. The zero-order valence-electron chi connectivity index (χ0n) is 13.9. The Bertz CT molecular complexity index is 982. The van der Waals surface area contributed by atoms with Gasteiger partial charge in [-0.3, -0.25) is 0 Å². The van der Waals surface area contributed by atoms with E-state index in [4.69, 9.17) is 21.0 Å². The van der Waals surface area contributed by atoms with Crippen LogP contribution in [0.1, 0.15) is 5.56 Å². The summed E-state index contributed by atoms with van der Waals surface area (Å²) in [5, 5.41) is 1.59. The van der Waals surface area contributed by atoms with E-state index < -0.39 is 0 Å². The number of halogens is 1. The van der Waals surface area contributed by atoms with Gasteiger partial charge in [0, 0.05) is 21.9 Å². The fourth-order valence-corrected chi connectivity index (χ4v) is 3.68. The molecule has 0 bridgehead atoms. The summed E-state index contributed by atoms with van der Waals surface area (Å²) in [7, 11) is 0. The molecule has 2 nitrogen and oxygen atoms in total. The van der Waals surface area contributed by atoms with E-state index in [9.17, 15) is 0 Å². The van der Waals surface area contributed by atoms with Crippen molar-refractivity contribution >= 4 is 23.4 Å². The number of hydrogen-bond donors (Lipinski definition) is 0. The van der Waals surface area contributed by atoms with Crippen LogP contribution in [0.4, 0.5) is 0 Å². The summed E-state index contributed by atoms with van der Waals surface area (Å²) in [4.78, 5) is 4.76. The fraction of sp³-hybridized carbons (Fsp3) is 0.0455. The Balaban J connectivity index is 1.70. The third kappa shape index (κ3) is 3.85. The van der Waals surface area contributed by atoms with Crippen molar-refractivity contribution in [1.82, 2.24) is 4.98 Å². The number of hydrogen-bond acceptors (Lipinski definition) is 3. The first-order valence-electron chi connectivity index (χ1n) is 8.28. The molecule has 1 heterocycles. The van der Waals surface area contributed by atoms with Crippen LogP contribution in [-0.4, -0.2) is 4.98 Å². The Hall–Kier alpha value is -2.49. The zero-order valence-corrected chi connectivity index (χ0v) is 15.5. The Morgan fingerprint density at radius 3 is 2.12 bits per heavy atom. The van der Waals surface area contributed by atoms with Gasteiger partial charge in [0.25, 0.3) is 0 Å². The van der Waals surface area contributed by atoms with Gasteiger partial charge in [0.2, 0.25) is 5.89 Å². The maximum atomic E-state index is 6.14. The van der Waals surface area contributed by atoms with Crippen molar-refractivity contribution < 1.29 is 4.42 Å². The Morgan fingerprint density at radius 1 is 0.769 bits per heavy atom. The number of nitrogens with zero attached hydrogens (tertiary/aromatic N) is 1. The number of oxazole rings is 1. The molecule has 0 aliphatic carbocycles. The van der Waals surface area contributed by atoms with Crippen LogP contribution in [0.2, 0.25) is 5.02 Å². The van der Waals surface area contributed by atoms with Crippen LogP contribution in [-0.2, 0) is 5.75 Å². The van der Waals surface area contributed by atoms with E-state index in [0.717, 1.165) is 27.7 Å². The number of thioether (sulfide) groups is 1. The van der Waals surface area contributed by atoms with Crippen LogP contribution in [0, 0.1) is 0 Å². The minimum atomic E-state index is 0.631. The van der Waals surface area contributed by atoms with Crippen molar-refractivity contribution in [1.29, 1.82) is 0 Å². The summed E-state index contributed by atoms with van der Waals surface area (Å²) in [6.07, 6.45) is 0. The van der Waals surface area contributed by atoms with Crippen molar-refractivity contribution in [2.24, 2.45) is 0 Å². The van der Waals surface area contributed by atoms with E-state index in [1.54, 1.807) is 11.8 Å². The van der Waals surface area contributed by atoms with Crippen molar-refractivity contribution in [2.45, 2.75) is 10.8 Å². The van der Waals surface area contributed by atoms with Crippen molar-refractivity contribution in [3.8, 4) is 22.8 Å². The normalized spacial score (nSPS) is 10.8. The lowest BCUT2D eigenvalue weighted by Gasteiger charge is -2.02. The summed E-state index contributed by atoms with van der Waals surface area (Å²) >= 11 is 7.71. The van der Waals surface area contributed by atoms with Crippen LogP contribution >= 0.6 is 23.4 Å². The van der Waals surface area contributed by atoms with E-state index in [2.05, 4.69) is 12.1 Å². The highest BCUT2D eigenvalue weighted by Crippen LogP contribution is 2.37. The summed E-state index contributed by atoms with van der Waals surface area (Å²) in [5.41, 5.74) is 3.19. The summed E-state index contributed by atoms with van der Waals surface area (Å²) in [5.74, 6) is 2.25. The van der Waals surface area contributed by atoms with Gasteiger partial charge in [0.15, 0.2) is 5.76 Å². The minimum Gasteiger partial charge on any atom is -0.435 e. The molecule has 0 fully saturated rings. The number of rotatable bonds is 5. The van der Waals surface area contributed by atoms with E-state index in [1.807, 2.05) is 72.8 Å². The second-order valence-electron chi connectivity index (χ2n) is 5.80. The summed E-state index contributed by atoms with van der Waals surface area (Å²) < 4.78 is 6.14. The van der Waals surface area contributed by atoms with Crippen LogP contribution < -0.4 is 0 Å². The van der Waals surface area contributed by atoms with Crippen molar-refractivity contribution in [3.05, 3.63) is 95.5 Å². The monoisotopic (exact) mass is 377 g/mol. The molecule has 128 valence electrons. The van der Waals surface area contributed by atoms with Gasteiger partial charge >= 0.3 is 0 Å². The Labute approximate surface area is 161 Å². The highest BCUT2D eigenvalue weighted by atomic mass is 35.5. The molecule has 4 heteroatoms. The molecule has 0 atom stereocenters. The molecular weight excluding hydrogens is 362 g/mol. The van der Waals surface area contributed by atoms with Gasteiger partial charge in [-0.15, -0.1) is 0 Å². The largest absolute Gasteiger partial charge is 0.435 e. The van der Waals surface area contributed by atoms with Gasteiger partial charge in [0.1, 0.15) is 5.03 Å². The molecule has 0 saturated carbocycles. The molecule has 4 rings (SSSR count). The number of benzene rings is 3. The van der Waals surface area contributed by atoms with Crippen LogP contribution in [0.25, 0.3) is 22.8 Å². The van der Waals surface area contributed by atoms with Crippen molar-refractivity contribution in [3.63, 3.8) is 0 Å². The lowest BCUT2D eigenvalue weighted by Crippen LogP contribution is -1.83. The van der Waals surface area contributed by atoms with Gasteiger partial charge in [-0.2, -0.15) is 0 Å². The smallest absolute Gasteiger partial charge is 0.227 e. The Kier molecular flexibility index (Phi) is 5.09. The summed E-state index contributed by atoms with van der Waals surface area (Å²) in [6.45, 7) is 0. The molecule has 0 aliphatic rings. The van der Waals surface area contributed by atoms with Crippen LogP contribution in [0.3, 0.4) is 0 Å². The average Bonchev–Trinajstić information content (AvgIpc) is 3.13. The fourth-order valence-electron chi connectivity index (χ4n) is 2.62. The number of aromatic nitrogens is 1. The minimum absolute atomic E-state index is 0.631. The highest BCUT2D eigenvalue weighted by molar-refractivity contribution is 7.98. The molecule has 3 aromatic carbocycles. The van der Waals surface area contributed by atoms with Crippen LogP contribution in [0.5, 0.6) is 0 Å². The van der Waals surface area contributed by atoms with E-state index in [0.29, 0.717) is 10.9 Å². The molecule has 0 unspecified atom stereocenters. The van der Waals surface area contributed by atoms with Gasteiger partial charge in [-0.25, -0.2) is 4.98 Å². The van der Waals surface area contributed by atoms with E-state index in [1.165, 1.54) is 5.56 Å². The van der Waals surface area contributed by atoms with Crippen molar-refractivity contribution in [2.75, 3.05) is 0 Å². The predicted octanol–water partition coefficient (Wildman–Crippen LogP) is 6.95. The van der Waals surface area contributed by atoms with Gasteiger partial charge in [-0.05, 0) is 42.0 Å². The molecule has 1 aromatic heterocycles. The van der Waals surface area contributed by atoms with E-state index >= 15 is 0 Å². The van der Waals surface area contributed by atoms with Gasteiger partial charge < -0.3 is 4.42 Å². The second kappa shape index (κ2) is 7.81. The molecule has 0 aliphatic heterocycles. The zero-order chi connectivity index (χ0) is 17.8. The van der Waals surface area contributed by atoms with E-state index in [-0.39, 0.29) is 0 Å². The average molecular weight is 378 g/mol. The highest BCUT2D eigenvalue weighted by Gasteiger charge is 2.17. The summed E-state index contributed by atoms with van der Waals surface area (Å²) in [6, 6.07) is 28.0. The molecule has 0 spiro atoms. The third-order valence-corrected chi connectivity index (χ3v) is 5.22. The lowest BCUT2D eigenvalue weighted by molar-refractivity contribution is 0.586. The molecule has 4 aromatic rings. The third-order valence-electron chi connectivity index (χ3n) is 3.94. The predicted molar refractivity (Wildman–Crippen MR) is 108 cm³/mol. The first-order valence-corrected chi connectivity index (χ1v) is 9.65. The standard InChI is InChI=1S/C22H16ClNOS/c23-19-13-11-17(12-14-19)20-22(26-15-16-7-3-1-4-8-16)24-21(25-20)18-9-5-2-6-10-18/h1-14H,15H2. The SMILES string of the molecule is Clc1ccc(-c2oc(-c3ccccc3)nc2SCc2ccccc2)cc1. The molecule has 0 amide bonds. The van der Waals surface area contributed by atoms with Gasteiger partial charge in [-0.1, -0.05) is 71.9 Å². The lowest BCUT2D eigenvalue weighted by atomic mass is 10.2.